The molecule has 0 rings (SSSR count). The molecule has 0 nitrogen and oxygen atoms in total. The predicted octanol–water partition coefficient (Wildman–Crippen LogP) is 2.91. The molecule has 54 valence electrons. The van der Waals surface area contributed by atoms with Crippen molar-refractivity contribution < 1.29 is 13.2 Å². The second-order valence-electron chi connectivity index (χ2n) is 1.86. The van der Waals surface area contributed by atoms with Crippen LogP contribution < -0.4 is 0 Å². The van der Waals surface area contributed by atoms with Gasteiger partial charge in [0, 0.05) is 6.42 Å². The summed E-state index contributed by atoms with van der Waals surface area (Å²) < 4.78 is 35.9. The van der Waals surface area contributed by atoms with Gasteiger partial charge in [-0.15, -0.1) is 0 Å². The Morgan fingerprint density at radius 1 is 1.56 bits per heavy atom. The van der Waals surface area contributed by atoms with Crippen molar-refractivity contribution in [1.29, 1.82) is 0 Å². The molecule has 0 spiro atoms. The van der Waals surface area contributed by atoms with Gasteiger partial charge in [0.1, 0.15) is 0 Å². The van der Waals surface area contributed by atoms with Crippen molar-refractivity contribution in [2.24, 2.45) is 0 Å². The van der Waals surface area contributed by atoms with Crippen LogP contribution in [0.25, 0.3) is 0 Å². The summed E-state index contributed by atoms with van der Waals surface area (Å²) in [5.41, 5.74) is 0. The predicted molar refractivity (Wildman–Crippen MR) is 30.1 cm³/mol. The van der Waals surface area contributed by atoms with E-state index in [9.17, 15) is 13.2 Å². The van der Waals surface area contributed by atoms with Crippen molar-refractivity contribution in [3.8, 4) is 0 Å². The maximum Gasteiger partial charge on any atom is 0.298 e. The molecule has 0 unspecified atom stereocenters. The molecule has 0 aliphatic rings. The second-order valence-corrected chi connectivity index (χ2v) is 1.86. The average Bonchev–Trinajstić information content (AvgIpc) is 1.65. The van der Waals surface area contributed by atoms with Gasteiger partial charge in [0.2, 0.25) is 0 Å². The largest absolute Gasteiger partial charge is 0.298 e. The zero-order chi connectivity index (χ0) is 7.49. The van der Waals surface area contributed by atoms with Crippen LogP contribution in [0.15, 0.2) is 12.4 Å². The first-order valence-electron chi connectivity index (χ1n) is 2.73. The van der Waals surface area contributed by atoms with E-state index < -0.39 is 18.2 Å². The van der Waals surface area contributed by atoms with Crippen LogP contribution >= 0.6 is 0 Å². The maximum absolute atomic E-state index is 12.1. The van der Waals surface area contributed by atoms with Crippen LogP contribution in [0.1, 0.15) is 19.8 Å². The van der Waals surface area contributed by atoms with Gasteiger partial charge in [0.05, 0.1) is 0 Å². The topological polar surface area (TPSA) is 0 Å². The zero-order valence-corrected chi connectivity index (χ0v) is 5.26. The summed E-state index contributed by atoms with van der Waals surface area (Å²) in [7, 11) is 0. The lowest BCUT2D eigenvalue weighted by atomic mass is 10.2. The van der Waals surface area contributed by atoms with Gasteiger partial charge in [0.25, 0.3) is 5.92 Å². The van der Waals surface area contributed by atoms with E-state index in [1.807, 2.05) is 0 Å². The van der Waals surface area contributed by atoms with Crippen molar-refractivity contribution in [2.45, 2.75) is 25.7 Å². The molecule has 3 heteroatoms. The fraction of sp³-hybridized carbons (Fsp3) is 0.667. The summed E-state index contributed by atoms with van der Waals surface area (Å²) in [6.07, 6.45) is -0.196. The van der Waals surface area contributed by atoms with Crippen molar-refractivity contribution in [3.05, 3.63) is 12.4 Å². The minimum atomic E-state index is -3.31. The fourth-order valence-corrected chi connectivity index (χ4v) is 0.450. The third-order valence-electron chi connectivity index (χ3n) is 0.961. The quantitative estimate of drug-likeness (QED) is 0.562. The van der Waals surface area contributed by atoms with E-state index in [0.29, 0.717) is 0 Å². The standard InChI is InChI=1S/C6H9F3/c1-3-4-6(8,9)5(2)7/h2-4H2,1H3. The van der Waals surface area contributed by atoms with Crippen LogP contribution in [-0.4, -0.2) is 5.92 Å². The molecule has 0 aromatic rings. The smallest absolute Gasteiger partial charge is 0.206 e. The summed E-state index contributed by atoms with van der Waals surface area (Å²) in [4.78, 5) is 0. The van der Waals surface area contributed by atoms with Gasteiger partial charge in [-0.3, -0.25) is 0 Å². The van der Waals surface area contributed by atoms with Crippen molar-refractivity contribution in [1.82, 2.24) is 0 Å². The summed E-state index contributed by atoms with van der Waals surface area (Å²) in [6, 6.07) is 0. The first-order chi connectivity index (χ1) is 4.00. The van der Waals surface area contributed by atoms with E-state index in [4.69, 9.17) is 0 Å². The van der Waals surface area contributed by atoms with Crippen molar-refractivity contribution >= 4 is 0 Å². The Bertz CT molecular complexity index is 107. The lowest BCUT2D eigenvalue weighted by Gasteiger charge is -2.10. The summed E-state index contributed by atoms with van der Waals surface area (Å²) in [5, 5.41) is 0. The monoisotopic (exact) mass is 138 g/mol. The number of alkyl halides is 2. The highest BCUT2D eigenvalue weighted by molar-refractivity contribution is 4.96. The highest BCUT2D eigenvalue weighted by Crippen LogP contribution is 2.28. The molecule has 0 aromatic carbocycles. The highest BCUT2D eigenvalue weighted by atomic mass is 19.3. The molecule has 0 saturated carbocycles. The van der Waals surface area contributed by atoms with E-state index in [-0.39, 0.29) is 6.42 Å². The third kappa shape index (κ3) is 2.54. The summed E-state index contributed by atoms with van der Waals surface area (Å²) in [6.45, 7) is 4.10. The Labute approximate surface area is 52.4 Å². The van der Waals surface area contributed by atoms with Crippen LogP contribution in [0.5, 0.6) is 0 Å². The van der Waals surface area contributed by atoms with Crippen molar-refractivity contribution in [3.63, 3.8) is 0 Å². The molecule has 9 heavy (non-hydrogen) atoms. The first kappa shape index (κ1) is 8.53. The average molecular weight is 138 g/mol. The van der Waals surface area contributed by atoms with Gasteiger partial charge in [-0.05, 0) is 6.42 Å². The van der Waals surface area contributed by atoms with Gasteiger partial charge in [-0.25, -0.2) is 4.39 Å². The zero-order valence-electron chi connectivity index (χ0n) is 5.26. The minimum absolute atomic E-state index is 0.260. The summed E-state index contributed by atoms with van der Waals surface area (Å²) in [5.74, 6) is -4.85. The Balaban J connectivity index is 3.85. The van der Waals surface area contributed by atoms with E-state index >= 15 is 0 Å². The van der Waals surface area contributed by atoms with Crippen molar-refractivity contribution in [2.75, 3.05) is 0 Å². The minimum Gasteiger partial charge on any atom is -0.206 e. The van der Waals surface area contributed by atoms with Crippen LogP contribution in [0, 0.1) is 0 Å². The van der Waals surface area contributed by atoms with Gasteiger partial charge in [-0.2, -0.15) is 8.78 Å². The normalized spacial score (nSPS) is 11.6. The van der Waals surface area contributed by atoms with E-state index in [0.717, 1.165) is 0 Å². The second kappa shape index (κ2) is 2.90. The SMILES string of the molecule is C=C(F)C(F)(F)CCC. The Morgan fingerprint density at radius 3 is 2.11 bits per heavy atom. The number of hydrogen-bond donors (Lipinski definition) is 0. The Kier molecular flexibility index (Phi) is 2.74. The number of hydrogen-bond acceptors (Lipinski definition) is 0. The lowest BCUT2D eigenvalue weighted by molar-refractivity contribution is 0.00972. The molecule has 0 heterocycles. The van der Waals surface area contributed by atoms with E-state index in [2.05, 4.69) is 6.58 Å². The highest BCUT2D eigenvalue weighted by Gasteiger charge is 2.31. The Hall–Kier alpha value is -0.470. The molecular formula is C6H9F3. The number of halogens is 3. The molecule has 0 N–H and O–H groups in total. The van der Waals surface area contributed by atoms with E-state index in [1.165, 1.54) is 0 Å². The fourth-order valence-electron chi connectivity index (χ4n) is 0.450. The number of allylic oxidation sites excluding steroid dienone is 1. The van der Waals surface area contributed by atoms with E-state index in [1.54, 1.807) is 6.92 Å². The molecule has 0 amide bonds. The van der Waals surface area contributed by atoms with Gasteiger partial charge >= 0.3 is 0 Å². The molecule has 0 radical (unpaired) electrons. The first-order valence-corrected chi connectivity index (χ1v) is 2.73. The third-order valence-corrected chi connectivity index (χ3v) is 0.961. The molecule has 0 aliphatic heterocycles. The van der Waals surface area contributed by atoms with Crippen LogP contribution in [0.4, 0.5) is 13.2 Å². The molecule has 0 aromatic heterocycles. The summed E-state index contributed by atoms with van der Waals surface area (Å²) >= 11 is 0. The molecule has 0 fully saturated rings. The van der Waals surface area contributed by atoms with Crippen LogP contribution in [0.3, 0.4) is 0 Å². The van der Waals surface area contributed by atoms with Crippen LogP contribution in [-0.2, 0) is 0 Å². The Morgan fingerprint density at radius 2 is 2.00 bits per heavy atom. The van der Waals surface area contributed by atoms with Crippen LogP contribution in [0.2, 0.25) is 0 Å². The molecule has 0 saturated heterocycles. The number of rotatable bonds is 3. The van der Waals surface area contributed by atoms with Gasteiger partial charge < -0.3 is 0 Å². The molecule has 0 aliphatic carbocycles. The van der Waals surface area contributed by atoms with Gasteiger partial charge in [-0.1, -0.05) is 13.5 Å². The molecular weight excluding hydrogens is 129 g/mol. The lowest BCUT2D eigenvalue weighted by Crippen LogP contribution is -2.14. The maximum atomic E-state index is 12.1. The van der Waals surface area contributed by atoms with Gasteiger partial charge in [0.15, 0.2) is 5.83 Å². The molecule has 0 atom stereocenters. The molecule has 0 bridgehead atoms.